The van der Waals surface area contributed by atoms with Gasteiger partial charge in [-0.1, -0.05) is 15.9 Å². The normalized spacial score (nSPS) is 13.0. The summed E-state index contributed by atoms with van der Waals surface area (Å²) in [6, 6.07) is 2.82. The van der Waals surface area contributed by atoms with E-state index in [2.05, 4.69) is 21.2 Å². The summed E-state index contributed by atoms with van der Waals surface area (Å²) in [6.07, 6.45) is -0.121. The molecule has 1 N–H and O–H groups in total. The van der Waals surface area contributed by atoms with Crippen LogP contribution in [0.1, 0.15) is 29.8 Å². The Balaban J connectivity index is 2.99. The van der Waals surface area contributed by atoms with Gasteiger partial charge in [0.1, 0.15) is 0 Å². The van der Waals surface area contributed by atoms with Gasteiger partial charge in [0, 0.05) is 33.9 Å². The molecule has 0 fully saturated rings. The fourth-order valence-corrected chi connectivity index (χ4v) is 3.54. The molecule has 0 aliphatic heterocycles. The van der Waals surface area contributed by atoms with Crippen molar-refractivity contribution in [2.75, 3.05) is 13.2 Å². The van der Waals surface area contributed by atoms with Gasteiger partial charge in [0.05, 0.1) is 11.0 Å². The van der Waals surface area contributed by atoms with Crippen LogP contribution in [0.25, 0.3) is 0 Å². The molecule has 0 spiro atoms. The molecular weight excluding hydrogens is 382 g/mol. The van der Waals surface area contributed by atoms with Crippen molar-refractivity contribution in [2.24, 2.45) is 0 Å². The first-order valence-electron chi connectivity index (χ1n) is 6.31. The van der Waals surface area contributed by atoms with Crippen LogP contribution in [-0.2, 0) is 13.8 Å². The van der Waals surface area contributed by atoms with E-state index >= 15 is 0 Å². The van der Waals surface area contributed by atoms with Gasteiger partial charge in [-0.3, -0.25) is 4.79 Å². The predicted octanol–water partition coefficient (Wildman–Crippen LogP) is 2.84. The molecule has 1 aromatic carbocycles. The molecule has 0 saturated heterocycles. The maximum absolute atomic E-state index is 12.1. The van der Waals surface area contributed by atoms with E-state index in [9.17, 15) is 13.2 Å². The van der Waals surface area contributed by atoms with Crippen LogP contribution in [-0.4, -0.2) is 33.6 Å². The molecule has 1 aromatic rings. The van der Waals surface area contributed by atoms with Gasteiger partial charge in [-0.05, 0) is 38.5 Å². The molecule has 118 valence electrons. The monoisotopic (exact) mass is 397 g/mol. The Labute approximate surface area is 137 Å². The summed E-state index contributed by atoms with van der Waals surface area (Å²) in [7, 11) is 1.47. The lowest BCUT2D eigenvalue weighted by Crippen LogP contribution is -2.32. The van der Waals surface area contributed by atoms with Crippen molar-refractivity contribution in [2.45, 2.75) is 31.8 Å². The molecule has 1 atom stereocenters. The van der Waals surface area contributed by atoms with Gasteiger partial charge in [0.15, 0.2) is 0 Å². The molecule has 0 saturated carbocycles. The van der Waals surface area contributed by atoms with Gasteiger partial charge >= 0.3 is 0 Å². The number of carbonyl (C=O) groups excluding carboxylic acids is 1. The minimum absolute atomic E-state index is 0.0819. The molecule has 5 nitrogen and oxygen atoms in total. The van der Waals surface area contributed by atoms with Crippen molar-refractivity contribution in [3.63, 3.8) is 0 Å². The second-order valence-corrected chi connectivity index (χ2v) is 7.88. The van der Waals surface area contributed by atoms with E-state index in [1.165, 1.54) is 6.07 Å². The fourth-order valence-electron chi connectivity index (χ4n) is 1.72. The minimum Gasteiger partial charge on any atom is -0.377 e. The zero-order chi connectivity index (χ0) is 16.2. The van der Waals surface area contributed by atoms with E-state index in [0.29, 0.717) is 23.2 Å². The van der Waals surface area contributed by atoms with E-state index < -0.39 is 9.05 Å². The number of benzene rings is 1. The third-order valence-corrected chi connectivity index (χ3v) is 5.09. The minimum atomic E-state index is -3.91. The van der Waals surface area contributed by atoms with Crippen LogP contribution in [0.15, 0.2) is 21.5 Å². The Morgan fingerprint density at radius 3 is 2.62 bits per heavy atom. The Bertz CT molecular complexity index is 633. The second-order valence-electron chi connectivity index (χ2n) is 4.50. The van der Waals surface area contributed by atoms with Crippen LogP contribution in [0, 0.1) is 6.92 Å². The van der Waals surface area contributed by atoms with Gasteiger partial charge in [-0.25, -0.2) is 8.42 Å². The zero-order valence-electron chi connectivity index (χ0n) is 11.9. The molecule has 1 amide bonds. The number of hydrogen-bond donors (Lipinski definition) is 1. The topological polar surface area (TPSA) is 72.5 Å². The van der Waals surface area contributed by atoms with Crippen molar-refractivity contribution in [3.05, 3.63) is 27.7 Å². The zero-order valence-corrected chi connectivity index (χ0v) is 15.1. The summed E-state index contributed by atoms with van der Waals surface area (Å²) in [4.78, 5) is 12.0. The maximum atomic E-state index is 12.1. The van der Waals surface area contributed by atoms with Crippen LogP contribution >= 0.6 is 26.6 Å². The third-order valence-electron chi connectivity index (χ3n) is 2.82. The fraction of sp³-hybridized carbons (Fsp3) is 0.462. The summed E-state index contributed by atoms with van der Waals surface area (Å²) >= 11 is 3.23. The summed E-state index contributed by atoms with van der Waals surface area (Å²) in [5, 5.41) is 2.69. The Morgan fingerprint density at radius 2 is 2.10 bits per heavy atom. The highest BCUT2D eigenvalue weighted by Gasteiger charge is 2.19. The van der Waals surface area contributed by atoms with E-state index in [4.69, 9.17) is 15.4 Å². The molecule has 0 aromatic heterocycles. The highest BCUT2D eigenvalue weighted by molar-refractivity contribution is 9.10. The molecule has 1 unspecified atom stereocenters. The number of amides is 1. The second kappa shape index (κ2) is 7.58. The van der Waals surface area contributed by atoms with Crippen molar-refractivity contribution in [1.29, 1.82) is 0 Å². The van der Waals surface area contributed by atoms with Gasteiger partial charge in [-0.15, -0.1) is 0 Å². The SMILES string of the molecule is CCOC(C)CNC(=O)c1cc(Br)c(C)c(S(=O)(=O)Cl)c1. The van der Waals surface area contributed by atoms with Crippen molar-refractivity contribution >= 4 is 41.6 Å². The number of hydrogen-bond acceptors (Lipinski definition) is 4. The first-order chi connectivity index (χ1) is 9.66. The molecule has 0 radical (unpaired) electrons. The van der Waals surface area contributed by atoms with E-state index in [1.54, 1.807) is 13.0 Å². The highest BCUT2D eigenvalue weighted by atomic mass is 79.9. The molecule has 0 aliphatic carbocycles. The molecule has 8 heteroatoms. The van der Waals surface area contributed by atoms with Gasteiger partial charge in [0.2, 0.25) is 0 Å². The third kappa shape index (κ3) is 5.25. The first-order valence-corrected chi connectivity index (χ1v) is 9.41. The quantitative estimate of drug-likeness (QED) is 0.748. The van der Waals surface area contributed by atoms with E-state index in [-0.39, 0.29) is 22.5 Å². The Morgan fingerprint density at radius 1 is 1.48 bits per heavy atom. The summed E-state index contributed by atoms with van der Waals surface area (Å²) in [6.45, 7) is 6.21. The summed E-state index contributed by atoms with van der Waals surface area (Å²) in [5.41, 5.74) is 0.680. The summed E-state index contributed by atoms with van der Waals surface area (Å²) < 4.78 is 28.9. The van der Waals surface area contributed by atoms with Crippen molar-refractivity contribution < 1.29 is 17.9 Å². The average Bonchev–Trinajstić information content (AvgIpc) is 2.38. The lowest BCUT2D eigenvalue weighted by Gasteiger charge is -2.13. The van der Waals surface area contributed by atoms with Crippen molar-refractivity contribution in [1.82, 2.24) is 5.32 Å². The number of nitrogens with one attached hydrogen (secondary N) is 1. The van der Waals surface area contributed by atoms with Crippen LogP contribution in [0.3, 0.4) is 0 Å². The molecule has 0 bridgehead atoms. The first kappa shape index (κ1) is 18.4. The highest BCUT2D eigenvalue weighted by Crippen LogP contribution is 2.28. The molecule has 0 aliphatic rings. The Hall–Kier alpha value is -0.630. The predicted molar refractivity (Wildman–Crippen MR) is 85.3 cm³/mol. The van der Waals surface area contributed by atoms with E-state index in [1.807, 2.05) is 13.8 Å². The smallest absolute Gasteiger partial charge is 0.261 e. The van der Waals surface area contributed by atoms with Gasteiger partial charge in [-0.2, -0.15) is 0 Å². The van der Waals surface area contributed by atoms with Crippen LogP contribution in [0.5, 0.6) is 0 Å². The number of rotatable bonds is 6. The van der Waals surface area contributed by atoms with Gasteiger partial charge in [0.25, 0.3) is 15.0 Å². The molecule has 21 heavy (non-hydrogen) atoms. The largest absolute Gasteiger partial charge is 0.377 e. The van der Waals surface area contributed by atoms with Crippen LogP contribution in [0.4, 0.5) is 0 Å². The average molecular weight is 399 g/mol. The van der Waals surface area contributed by atoms with Gasteiger partial charge < -0.3 is 10.1 Å². The Kier molecular flexibility index (Phi) is 6.65. The van der Waals surface area contributed by atoms with Crippen LogP contribution in [0.2, 0.25) is 0 Å². The number of carbonyl (C=O) groups is 1. The lowest BCUT2D eigenvalue weighted by atomic mass is 10.1. The van der Waals surface area contributed by atoms with Crippen molar-refractivity contribution in [3.8, 4) is 0 Å². The lowest BCUT2D eigenvalue weighted by molar-refractivity contribution is 0.0695. The van der Waals surface area contributed by atoms with E-state index in [0.717, 1.165) is 0 Å². The maximum Gasteiger partial charge on any atom is 0.261 e. The number of halogens is 2. The molecule has 0 heterocycles. The standard InChI is InChI=1S/C13H17BrClNO4S/c1-4-20-8(2)7-16-13(17)10-5-11(14)9(3)12(6-10)21(15,18)19/h5-6,8H,4,7H2,1-3H3,(H,16,17). The summed E-state index contributed by atoms with van der Waals surface area (Å²) in [5.74, 6) is -0.385. The van der Waals surface area contributed by atoms with Crippen LogP contribution < -0.4 is 5.32 Å². The molecule has 1 rings (SSSR count). The molecular formula is C13H17BrClNO4S. The number of ether oxygens (including phenoxy) is 1.